The van der Waals surface area contributed by atoms with E-state index in [2.05, 4.69) is 15.4 Å². The van der Waals surface area contributed by atoms with Gasteiger partial charge in [0.1, 0.15) is 0 Å². The summed E-state index contributed by atoms with van der Waals surface area (Å²) in [6.45, 7) is 2.74. The predicted molar refractivity (Wildman–Crippen MR) is 73.4 cm³/mol. The number of carbonyl (C=O) groups excluding carboxylic acids is 1. The summed E-state index contributed by atoms with van der Waals surface area (Å²) >= 11 is 0. The largest absolute Gasteiger partial charge is 0.337 e. The molecule has 0 radical (unpaired) electrons. The molecule has 6 heteroatoms. The molecule has 0 aliphatic carbocycles. The zero-order valence-electron chi connectivity index (χ0n) is 11.2. The average Bonchev–Trinajstić information content (AvgIpc) is 3.10. The number of amides is 1. The van der Waals surface area contributed by atoms with Gasteiger partial charge >= 0.3 is 0 Å². The molecule has 6 nitrogen and oxygen atoms in total. The van der Waals surface area contributed by atoms with Crippen LogP contribution in [0.4, 0.5) is 0 Å². The summed E-state index contributed by atoms with van der Waals surface area (Å²) < 4.78 is 1.70. The molecule has 0 spiro atoms. The lowest BCUT2D eigenvalue weighted by molar-refractivity contribution is 0.0787. The van der Waals surface area contributed by atoms with Gasteiger partial charge in [-0.15, -0.1) is 0 Å². The van der Waals surface area contributed by atoms with Gasteiger partial charge in [-0.05, 0) is 25.3 Å². The maximum Gasteiger partial charge on any atom is 0.257 e. The molecule has 20 heavy (non-hydrogen) atoms. The van der Waals surface area contributed by atoms with Crippen LogP contribution in [0.15, 0.2) is 24.8 Å². The van der Waals surface area contributed by atoms with E-state index < -0.39 is 0 Å². The Bertz CT molecular complexity index is 638. The standard InChI is InChI=1S/C14H17N5O/c20-14(11-6-17-19-5-4-15-7-13(11)19)18-8-10-2-1-3-16-12(10)9-18/h4-7,10,12,16H,1-3,8-9H2/t10-,12+/m0/s1. The summed E-state index contributed by atoms with van der Waals surface area (Å²) in [4.78, 5) is 18.7. The monoisotopic (exact) mass is 271 g/mol. The number of fused-ring (bicyclic) bond motifs is 2. The molecule has 0 unspecified atom stereocenters. The number of hydrogen-bond donors (Lipinski definition) is 1. The molecule has 1 amide bonds. The van der Waals surface area contributed by atoms with Gasteiger partial charge in [0, 0.05) is 31.5 Å². The number of aromatic nitrogens is 3. The summed E-state index contributed by atoms with van der Waals surface area (Å²) in [6, 6.07) is 0.465. The van der Waals surface area contributed by atoms with E-state index >= 15 is 0 Å². The molecule has 2 atom stereocenters. The molecular formula is C14H17N5O. The molecule has 4 heterocycles. The van der Waals surface area contributed by atoms with Crippen molar-refractivity contribution in [1.82, 2.24) is 24.8 Å². The molecule has 104 valence electrons. The highest BCUT2D eigenvalue weighted by Crippen LogP contribution is 2.26. The summed E-state index contributed by atoms with van der Waals surface area (Å²) in [5, 5.41) is 7.74. The highest BCUT2D eigenvalue weighted by Gasteiger charge is 2.37. The molecule has 2 aromatic heterocycles. The fourth-order valence-electron chi connectivity index (χ4n) is 3.38. The molecule has 2 aromatic rings. The van der Waals surface area contributed by atoms with Crippen LogP contribution in [0.25, 0.3) is 5.52 Å². The van der Waals surface area contributed by atoms with E-state index in [9.17, 15) is 4.79 Å². The molecule has 2 saturated heterocycles. The van der Waals surface area contributed by atoms with Crippen molar-refractivity contribution in [2.75, 3.05) is 19.6 Å². The van der Waals surface area contributed by atoms with Gasteiger partial charge in [0.25, 0.3) is 5.91 Å². The molecule has 0 bridgehead atoms. The number of nitrogens with zero attached hydrogens (tertiary/aromatic N) is 4. The Morgan fingerprint density at radius 2 is 2.30 bits per heavy atom. The van der Waals surface area contributed by atoms with Crippen LogP contribution in [-0.4, -0.2) is 51.1 Å². The van der Waals surface area contributed by atoms with Gasteiger partial charge in [0.05, 0.1) is 23.5 Å². The van der Waals surface area contributed by atoms with Gasteiger partial charge in [-0.25, -0.2) is 4.52 Å². The van der Waals surface area contributed by atoms with E-state index in [1.54, 1.807) is 29.3 Å². The normalized spacial score (nSPS) is 25.9. The lowest BCUT2D eigenvalue weighted by atomic mass is 9.94. The third-order valence-corrected chi connectivity index (χ3v) is 4.44. The Kier molecular flexibility index (Phi) is 2.70. The Labute approximate surface area is 116 Å². The molecular weight excluding hydrogens is 254 g/mol. The molecule has 0 saturated carbocycles. The maximum atomic E-state index is 12.7. The van der Waals surface area contributed by atoms with Crippen molar-refractivity contribution in [3.8, 4) is 0 Å². The summed E-state index contributed by atoms with van der Waals surface area (Å²) in [5.74, 6) is 0.678. The summed E-state index contributed by atoms with van der Waals surface area (Å²) in [7, 11) is 0. The van der Waals surface area contributed by atoms with Crippen molar-refractivity contribution in [3.63, 3.8) is 0 Å². The van der Waals surface area contributed by atoms with Gasteiger partial charge in [-0.1, -0.05) is 0 Å². The smallest absolute Gasteiger partial charge is 0.257 e. The topological polar surface area (TPSA) is 62.5 Å². The molecule has 4 rings (SSSR count). The van der Waals surface area contributed by atoms with Crippen LogP contribution in [-0.2, 0) is 0 Å². The van der Waals surface area contributed by atoms with Crippen LogP contribution in [0.3, 0.4) is 0 Å². The van der Waals surface area contributed by atoms with Gasteiger partial charge in [0.15, 0.2) is 0 Å². The minimum atomic E-state index is 0.0733. The second-order valence-corrected chi connectivity index (χ2v) is 5.64. The summed E-state index contributed by atoms with van der Waals surface area (Å²) in [5.41, 5.74) is 1.43. The number of piperidine rings is 1. The number of rotatable bonds is 1. The zero-order chi connectivity index (χ0) is 13.5. The second-order valence-electron chi connectivity index (χ2n) is 5.64. The first-order chi connectivity index (χ1) is 9.83. The number of nitrogens with one attached hydrogen (secondary N) is 1. The molecule has 1 N–H and O–H groups in total. The van der Waals surface area contributed by atoms with Crippen molar-refractivity contribution in [2.45, 2.75) is 18.9 Å². The lowest BCUT2D eigenvalue weighted by Gasteiger charge is -2.24. The Balaban J connectivity index is 1.61. The molecule has 2 aliphatic heterocycles. The third kappa shape index (κ3) is 1.79. The maximum absolute atomic E-state index is 12.7. The van der Waals surface area contributed by atoms with Gasteiger partial charge < -0.3 is 10.2 Å². The summed E-state index contributed by atoms with van der Waals surface area (Å²) in [6.07, 6.45) is 9.21. The van der Waals surface area contributed by atoms with Gasteiger partial charge in [0.2, 0.25) is 0 Å². The van der Waals surface area contributed by atoms with Crippen LogP contribution < -0.4 is 5.32 Å². The Morgan fingerprint density at radius 1 is 1.35 bits per heavy atom. The van der Waals surface area contributed by atoms with Crippen molar-refractivity contribution in [1.29, 1.82) is 0 Å². The van der Waals surface area contributed by atoms with E-state index in [0.717, 1.165) is 25.2 Å². The van der Waals surface area contributed by atoms with E-state index in [4.69, 9.17) is 0 Å². The molecule has 2 aliphatic rings. The fraction of sp³-hybridized carbons (Fsp3) is 0.500. The highest BCUT2D eigenvalue weighted by molar-refractivity contribution is 6.00. The van der Waals surface area contributed by atoms with Crippen molar-refractivity contribution in [2.24, 2.45) is 5.92 Å². The third-order valence-electron chi connectivity index (χ3n) is 4.44. The van der Waals surface area contributed by atoms with E-state index in [1.165, 1.54) is 12.8 Å². The zero-order valence-corrected chi connectivity index (χ0v) is 11.2. The first kappa shape index (κ1) is 11.8. The van der Waals surface area contributed by atoms with Crippen molar-refractivity contribution >= 4 is 11.4 Å². The molecule has 0 aromatic carbocycles. The van der Waals surface area contributed by atoms with Gasteiger partial charge in [-0.3, -0.25) is 9.78 Å². The quantitative estimate of drug-likeness (QED) is 0.823. The van der Waals surface area contributed by atoms with Crippen LogP contribution in [0.2, 0.25) is 0 Å². The Morgan fingerprint density at radius 3 is 3.20 bits per heavy atom. The van der Waals surface area contributed by atoms with Crippen LogP contribution >= 0.6 is 0 Å². The van der Waals surface area contributed by atoms with E-state index in [-0.39, 0.29) is 5.91 Å². The SMILES string of the molecule is O=C(c1cnn2ccncc12)N1C[C@@H]2CCCN[C@@H]2C1. The first-order valence-corrected chi connectivity index (χ1v) is 7.13. The van der Waals surface area contributed by atoms with Crippen LogP contribution in [0.1, 0.15) is 23.2 Å². The molecule has 2 fully saturated rings. The average molecular weight is 271 g/mol. The van der Waals surface area contributed by atoms with Crippen LogP contribution in [0.5, 0.6) is 0 Å². The van der Waals surface area contributed by atoms with Crippen molar-refractivity contribution < 1.29 is 4.79 Å². The minimum absolute atomic E-state index is 0.0733. The number of carbonyl (C=O) groups is 1. The van der Waals surface area contributed by atoms with E-state index in [0.29, 0.717) is 17.5 Å². The fourth-order valence-corrected chi connectivity index (χ4v) is 3.38. The lowest BCUT2D eigenvalue weighted by Crippen LogP contribution is -2.41. The first-order valence-electron chi connectivity index (χ1n) is 7.13. The van der Waals surface area contributed by atoms with Gasteiger partial charge in [-0.2, -0.15) is 5.10 Å². The van der Waals surface area contributed by atoms with Crippen molar-refractivity contribution in [3.05, 3.63) is 30.4 Å². The predicted octanol–water partition coefficient (Wildman–Crippen LogP) is 0.553. The van der Waals surface area contributed by atoms with E-state index in [1.807, 2.05) is 4.90 Å². The Hall–Kier alpha value is -1.95. The minimum Gasteiger partial charge on any atom is -0.337 e. The second kappa shape index (κ2) is 4.56. The highest BCUT2D eigenvalue weighted by atomic mass is 16.2. The number of likely N-dealkylation sites (tertiary alicyclic amines) is 1. The van der Waals surface area contributed by atoms with Crippen LogP contribution in [0, 0.1) is 5.92 Å². The number of hydrogen-bond acceptors (Lipinski definition) is 4.